The van der Waals surface area contributed by atoms with Crippen molar-refractivity contribution in [2.45, 2.75) is 27.2 Å². The predicted octanol–water partition coefficient (Wildman–Crippen LogP) is 2.62. The Labute approximate surface area is 139 Å². The van der Waals surface area contributed by atoms with Crippen LogP contribution in [0.3, 0.4) is 0 Å². The molecule has 0 radical (unpaired) electrons. The number of rotatable bonds is 5. The highest BCUT2D eigenvalue weighted by Crippen LogP contribution is 2.23. The van der Waals surface area contributed by atoms with Crippen molar-refractivity contribution in [2.24, 2.45) is 5.41 Å². The maximum Gasteiger partial charge on any atom is 0.371 e. The second-order valence-electron chi connectivity index (χ2n) is 6.73. The molecule has 2 rings (SSSR count). The fourth-order valence-electron chi connectivity index (χ4n) is 2.15. The summed E-state index contributed by atoms with van der Waals surface area (Å²) >= 11 is 0. The van der Waals surface area contributed by atoms with Gasteiger partial charge in [-0.25, -0.2) is 4.79 Å². The minimum atomic E-state index is -1.15. The summed E-state index contributed by atoms with van der Waals surface area (Å²) in [5.74, 6) is -1.87. The van der Waals surface area contributed by atoms with Gasteiger partial charge in [0.05, 0.1) is 6.54 Å². The van der Waals surface area contributed by atoms with Crippen LogP contribution in [0, 0.1) is 5.41 Å². The standard InChI is InChI=1S/C17H20N2O5/c1-17(2,3)8-14(20)18-9-15(21)19-11-4-5-12-10(6-11)7-13(24-12)16(22)23/h4-7H,8-9H2,1-3H3,(H,18,20)(H,19,21)(H,22,23). The van der Waals surface area contributed by atoms with Gasteiger partial charge in [-0.05, 0) is 29.7 Å². The average molecular weight is 332 g/mol. The lowest BCUT2D eigenvalue weighted by Gasteiger charge is -2.17. The molecule has 0 saturated carbocycles. The van der Waals surface area contributed by atoms with E-state index in [-0.39, 0.29) is 29.5 Å². The normalized spacial score (nSPS) is 11.3. The highest BCUT2D eigenvalue weighted by molar-refractivity contribution is 5.97. The second-order valence-corrected chi connectivity index (χ2v) is 6.73. The van der Waals surface area contributed by atoms with Crippen molar-refractivity contribution >= 4 is 34.4 Å². The Balaban J connectivity index is 1.95. The monoisotopic (exact) mass is 332 g/mol. The third-order valence-electron chi connectivity index (χ3n) is 3.15. The van der Waals surface area contributed by atoms with E-state index in [9.17, 15) is 14.4 Å². The average Bonchev–Trinajstić information content (AvgIpc) is 2.87. The van der Waals surface area contributed by atoms with E-state index in [1.807, 2.05) is 20.8 Å². The molecule has 1 aromatic heterocycles. The van der Waals surface area contributed by atoms with Crippen LogP contribution in [0.15, 0.2) is 28.7 Å². The minimum absolute atomic E-state index is 0.126. The summed E-state index contributed by atoms with van der Waals surface area (Å²) in [7, 11) is 0. The maximum absolute atomic E-state index is 11.9. The molecule has 0 aliphatic heterocycles. The van der Waals surface area contributed by atoms with Crippen molar-refractivity contribution in [3.8, 4) is 0 Å². The van der Waals surface area contributed by atoms with Gasteiger partial charge < -0.3 is 20.2 Å². The Hall–Kier alpha value is -2.83. The lowest BCUT2D eigenvalue weighted by atomic mass is 9.92. The van der Waals surface area contributed by atoms with E-state index in [1.54, 1.807) is 18.2 Å². The van der Waals surface area contributed by atoms with Crippen molar-refractivity contribution < 1.29 is 23.9 Å². The smallest absolute Gasteiger partial charge is 0.371 e. The van der Waals surface area contributed by atoms with Gasteiger partial charge in [0.25, 0.3) is 0 Å². The molecule has 1 heterocycles. The van der Waals surface area contributed by atoms with E-state index < -0.39 is 5.97 Å². The van der Waals surface area contributed by atoms with Gasteiger partial charge in [-0.3, -0.25) is 9.59 Å². The number of furan rings is 1. The van der Waals surface area contributed by atoms with Crippen molar-refractivity contribution in [2.75, 3.05) is 11.9 Å². The molecule has 0 unspecified atom stereocenters. The van der Waals surface area contributed by atoms with E-state index in [2.05, 4.69) is 10.6 Å². The van der Waals surface area contributed by atoms with Crippen molar-refractivity contribution in [3.05, 3.63) is 30.0 Å². The van der Waals surface area contributed by atoms with Crippen LogP contribution in [0.2, 0.25) is 0 Å². The minimum Gasteiger partial charge on any atom is -0.475 e. The zero-order valence-corrected chi connectivity index (χ0v) is 13.8. The summed E-state index contributed by atoms with van der Waals surface area (Å²) < 4.78 is 5.15. The number of carboxylic acid groups (broad SMARTS) is 1. The van der Waals surface area contributed by atoms with Gasteiger partial charge in [-0.2, -0.15) is 0 Å². The van der Waals surface area contributed by atoms with Crippen LogP contribution in [0.1, 0.15) is 37.7 Å². The predicted molar refractivity (Wildman–Crippen MR) is 88.9 cm³/mol. The summed E-state index contributed by atoms with van der Waals surface area (Å²) in [5.41, 5.74) is 0.772. The first-order valence-corrected chi connectivity index (χ1v) is 7.47. The molecular formula is C17H20N2O5. The number of aromatic carboxylic acids is 1. The van der Waals surface area contributed by atoms with Gasteiger partial charge in [0, 0.05) is 17.5 Å². The Bertz CT molecular complexity index is 786. The van der Waals surface area contributed by atoms with Gasteiger partial charge in [-0.15, -0.1) is 0 Å². The molecule has 24 heavy (non-hydrogen) atoms. The molecule has 0 aliphatic carbocycles. The first-order valence-electron chi connectivity index (χ1n) is 7.47. The van der Waals surface area contributed by atoms with Crippen LogP contribution in [-0.2, 0) is 9.59 Å². The highest BCUT2D eigenvalue weighted by Gasteiger charge is 2.16. The molecule has 3 N–H and O–H groups in total. The lowest BCUT2D eigenvalue weighted by molar-refractivity contribution is -0.125. The lowest BCUT2D eigenvalue weighted by Crippen LogP contribution is -2.34. The molecule has 2 amide bonds. The van der Waals surface area contributed by atoms with E-state index in [1.165, 1.54) is 6.07 Å². The number of fused-ring (bicyclic) bond motifs is 1. The van der Waals surface area contributed by atoms with Crippen LogP contribution in [0.5, 0.6) is 0 Å². The van der Waals surface area contributed by atoms with Crippen molar-refractivity contribution in [1.29, 1.82) is 0 Å². The first kappa shape index (κ1) is 17.5. The highest BCUT2D eigenvalue weighted by atomic mass is 16.4. The van der Waals surface area contributed by atoms with Gasteiger partial charge >= 0.3 is 5.97 Å². The Kier molecular flexibility index (Phi) is 4.92. The molecule has 0 aliphatic rings. The molecule has 7 nitrogen and oxygen atoms in total. The quantitative estimate of drug-likeness (QED) is 0.780. The topological polar surface area (TPSA) is 109 Å². The number of anilines is 1. The third kappa shape index (κ3) is 4.84. The number of carbonyl (C=O) groups excluding carboxylic acids is 2. The molecule has 0 atom stereocenters. The van der Waals surface area contributed by atoms with E-state index >= 15 is 0 Å². The molecule has 7 heteroatoms. The van der Waals surface area contributed by atoms with Crippen LogP contribution in [-0.4, -0.2) is 29.4 Å². The molecule has 0 saturated heterocycles. The zero-order chi connectivity index (χ0) is 17.9. The van der Waals surface area contributed by atoms with Gasteiger partial charge in [0.2, 0.25) is 17.6 Å². The van der Waals surface area contributed by atoms with Crippen LogP contribution in [0.25, 0.3) is 11.0 Å². The number of carbonyl (C=O) groups is 3. The fourth-order valence-corrected chi connectivity index (χ4v) is 2.15. The molecule has 2 aromatic rings. The number of amides is 2. The van der Waals surface area contributed by atoms with Gasteiger partial charge in [0.15, 0.2) is 0 Å². The Morgan fingerprint density at radius 1 is 1.12 bits per heavy atom. The van der Waals surface area contributed by atoms with Gasteiger partial charge in [0.1, 0.15) is 5.58 Å². The van der Waals surface area contributed by atoms with Gasteiger partial charge in [-0.1, -0.05) is 20.8 Å². The fraction of sp³-hybridized carbons (Fsp3) is 0.353. The van der Waals surface area contributed by atoms with Crippen molar-refractivity contribution in [3.63, 3.8) is 0 Å². The number of nitrogens with one attached hydrogen (secondary N) is 2. The number of benzene rings is 1. The third-order valence-corrected chi connectivity index (χ3v) is 3.15. The number of carboxylic acids is 1. The zero-order valence-electron chi connectivity index (χ0n) is 13.8. The van der Waals surface area contributed by atoms with Crippen LogP contribution >= 0.6 is 0 Å². The largest absolute Gasteiger partial charge is 0.475 e. The summed E-state index contributed by atoms with van der Waals surface area (Å²) in [5, 5.41) is 14.7. The van der Waals surface area contributed by atoms with E-state index in [0.29, 0.717) is 23.1 Å². The summed E-state index contributed by atoms with van der Waals surface area (Å²) in [6.45, 7) is 5.70. The molecule has 1 aromatic carbocycles. The van der Waals surface area contributed by atoms with Crippen LogP contribution < -0.4 is 10.6 Å². The molecule has 0 bridgehead atoms. The first-order chi connectivity index (χ1) is 11.1. The molecule has 0 spiro atoms. The Morgan fingerprint density at radius 3 is 2.46 bits per heavy atom. The SMILES string of the molecule is CC(C)(C)CC(=O)NCC(=O)Nc1ccc2oc(C(=O)O)cc2c1. The van der Waals surface area contributed by atoms with Crippen LogP contribution in [0.4, 0.5) is 5.69 Å². The van der Waals surface area contributed by atoms with Crippen molar-refractivity contribution in [1.82, 2.24) is 5.32 Å². The second kappa shape index (κ2) is 6.74. The summed E-state index contributed by atoms with van der Waals surface area (Å²) in [4.78, 5) is 34.5. The number of hydrogen-bond acceptors (Lipinski definition) is 4. The van der Waals surface area contributed by atoms with E-state index in [0.717, 1.165) is 0 Å². The molecule has 0 fully saturated rings. The van der Waals surface area contributed by atoms with E-state index in [4.69, 9.17) is 9.52 Å². The number of hydrogen-bond donors (Lipinski definition) is 3. The maximum atomic E-state index is 11.9. The molecular weight excluding hydrogens is 312 g/mol. The summed E-state index contributed by atoms with van der Waals surface area (Å²) in [6.07, 6.45) is 0.333. The Morgan fingerprint density at radius 2 is 1.83 bits per heavy atom. The summed E-state index contributed by atoms with van der Waals surface area (Å²) in [6, 6.07) is 6.18. The molecule has 128 valence electrons.